The highest BCUT2D eigenvalue weighted by atomic mass is 16.5. The van der Waals surface area contributed by atoms with Gasteiger partial charge < -0.3 is 33.6 Å². The van der Waals surface area contributed by atoms with Gasteiger partial charge >= 0.3 is 0 Å². The molecule has 0 atom stereocenters. The summed E-state index contributed by atoms with van der Waals surface area (Å²) in [7, 11) is 5.32. The summed E-state index contributed by atoms with van der Waals surface area (Å²) >= 11 is 0. The van der Waals surface area contributed by atoms with E-state index in [0.29, 0.717) is 5.56 Å². The molecule has 1 heterocycles. The molecule has 2 aromatic carbocycles. The molecule has 0 aliphatic heterocycles. The third kappa shape index (κ3) is 2.75. The first-order valence-electron chi connectivity index (χ1n) is 7.83. The third-order valence-electron chi connectivity index (χ3n) is 4.09. The standard InChI is InChI=1S/C19H18O8/c1-23-15-11-12(21)17(24-2)14(9-5-7-10(20)8-6-9)27-16(11)19(26-4)13(22)18(15)25-3/h5-8,20,22H,1-4H3. The minimum absolute atomic E-state index is 0.00313. The van der Waals surface area contributed by atoms with Crippen LogP contribution in [0.5, 0.6) is 34.5 Å². The number of phenolic OH excluding ortho intramolecular Hbond substituents is 2. The van der Waals surface area contributed by atoms with Gasteiger partial charge in [-0.05, 0) is 24.3 Å². The van der Waals surface area contributed by atoms with Gasteiger partial charge in [-0.2, -0.15) is 0 Å². The van der Waals surface area contributed by atoms with Gasteiger partial charge in [0.15, 0.2) is 17.1 Å². The summed E-state index contributed by atoms with van der Waals surface area (Å²) in [6.45, 7) is 0. The molecular weight excluding hydrogens is 356 g/mol. The zero-order valence-electron chi connectivity index (χ0n) is 15.2. The van der Waals surface area contributed by atoms with Gasteiger partial charge in [-0.3, -0.25) is 4.79 Å². The van der Waals surface area contributed by atoms with Crippen molar-refractivity contribution in [2.24, 2.45) is 0 Å². The zero-order valence-corrected chi connectivity index (χ0v) is 15.2. The maximum Gasteiger partial charge on any atom is 0.239 e. The smallest absolute Gasteiger partial charge is 0.239 e. The number of hydrogen-bond acceptors (Lipinski definition) is 8. The fourth-order valence-electron chi connectivity index (χ4n) is 2.88. The maximum atomic E-state index is 13.1. The van der Waals surface area contributed by atoms with Crippen LogP contribution in [0.1, 0.15) is 0 Å². The second-order valence-electron chi connectivity index (χ2n) is 5.49. The van der Waals surface area contributed by atoms with Crippen molar-refractivity contribution in [1.29, 1.82) is 0 Å². The largest absolute Gasteiger partial charge is 0.508 e. The number of benzene rings is 2. The van der Waals surface area contributed by atoms with Crippen molar-refractivity contribution in [2.45, 2.75) is 0 Å². The number of ether oxygens (including phenoxy) is 4. The lowest BCUT2D eigenvalue weighted by molar-refractivity contribution is 0.316. The number of methoxy groups -OCH3 is 4. The van der Waals surface area contributed by atoms with E-state index in [1.807, 2.05) is 0 Å². The second-order valence-corrected chi connectivity index (χ2v) is 5.49. The van der Waals surface area contributed by atoms with Crippen LogP contribution in [0.2, 0.25) is 0 Å². The Bertz CT molecular complexity index is 1050. The normalized spacial score (nSPS) is 10.7. The molecule has 0 amide bonds. The van der Waals surface area contributed by atoms with Gasteiger partial charge in [-0.15, -0.1) is 0 Å². The van der Waals surface area contributed by atoms with Crippen LogP contribution in [-0.2, 0) is 0 Å². The van der Waals surface area contributed by atoms with Crippen LogP contribution in [0.15, 0.2) is 33.5 Å². The number of hydrogen-bond donors (Lipinski definition) is 2. The Hall–Kier alpha value is -3.55. The van der Waals surface area contributed by atoms with Crippen molar-refractivity contribution >= 4 is 11.0 Å². The molecule has 0 spiro atoms. The predicted molar refractivity (Wildman–Crippen MR) is 97.5 cm³/mol. The molecule has 3 rings (SSSR count). The molecule has 0 bridgehead atoms. The number of aromatic hydroxyl groups is 2. The Labute approximate surface area is 154 Å². The van der Waals surface area contributed by atoms with E-state index in [1.54, 1.807) is 12.1 Å². The highest BCUT2D eigenvalue weighted by Gasteiger charge is 2.29. The van der Waals surface area contributed by atoms with Gasteiger partial charge in [0.05, 0.1) is 28.4 Å². The Kier molecular flexibility index (Phi) is 4.72. The molecule has 3 aromatic rings. The van der Waals surface area contributed by atoms with E-state index in [4.69, 9.17) is 23.4 Å². The Balaban J connectivity index is 2.52. The van der Waals surface area contributed by atoms with Crippen LogP contribution in [-0.4, -0.2) is 38.7 Å². The highest BCUT2D eigenvalue weighted by Crippen LogP contribution is 2.50. The molecule has 1 aromatic heterocycles. The fraction of sp³-hybridized carbons (Fsp3) is 0.211. The van der Waals surface area contributed by atoms with Gasteiger partial charge in [0.2, 0.25) is 28.4 Å². The summed E-state index contributed by atoms with van der Waals surface area (Å²) in [5.41, 5.74) is -0.0724. The van der Waals surface area contributed by atoms with E-state index in [1.165, 1.54) is 40.6 Å². The lowest BCUT2D eigenvalue weighted by Gasteiger charge is -2.17. The highest BCUT2D eigenvalue weighted by molar-refractivity contribution is 5.96. The molecule has 27 heavy (non-hydrogen) atoms. The Morgan fingerprint density at radius 2 is 1.33 bits per heavy atom. The number of fused-ring (bicyclic) bond motifs is 1. The van der Waals surface area contributed by atoms with E-state index < -0.39 is 5.43 Å². The second kappa shape index (κ2) is 6.99. The average molecular weight is 374 g/mol. The first kappa shape index (κ1) is 18.2. The van der Waals surface area contributed by atoms with E-state index in [0.717, 1.165) is 0 Å². The van der Waals surface area contributed by atoms with Crippen molar-refractivity contribution in [3.8, 4) is 45.8 Å². The molecule has 0 unspecified atom stereocenters. The fourth-order valence-corrected chi connectivity index (χ4v) is 2.88. The van der Waals surface area contributed by atoms with E-state index in [9.17, 15) is 15.0 Å². The van der Waals surface area contributed by atoms with Gasteiger partial charge in [0.1, 0.15) is 11.1 Å². The Morgan fingerprint density at radius 1 is 0.778 bits per heavy atom. The summed E-state index contributed by atoms with van der Waals surface area (Å²) in [5.74, 6) is -0.413. The molecule has 0 aliphatic carbocycles. The lowest BCUT2D eigenvalue weighted by atomic mass is 10.1. The summed E-state index contributed by atoms with van der Waals surface area (Å²) < 4.78 is 26.9. The van der Waals surface area contributed by atoms with E-state index in [-0.39, 0.29) is 51.2 Å². The topological polar surface area (TPSA) is 108 Å². The minimum atomic E-state index is -0.532. The molecule has 0 fully saturated rings. The minimum Gasteiger partial charge on any atom is -0.508 e. The predicted octanol–water partition coefficient (Wildman–Crippen LogP) is 2.91. The first-order valence-corrected chi connectivity index (χ1v) is 7.83. The van der Waals surface area contributed by atoms with Crippen molar-refractivity contribution < 1.29 is 33.6 Å². The first-order chi connectivity index (χ1) is 13.0. The van der Waals surface area contributed by atoms with Crippen molar-refractivity contribution in [2.75, 3.05) is 28.4 Å². The van der Waals surface area contributed by atoms with Gasteiger partial charge in [0, 0.05) is 5.56 Å². The molecule has 0 saturated heterocycles. The van der Waals surface area contributed by atoms with Crippen molar-refractivity contribution in [3.05, 3.63) is 34.5 Å². The zero-order chi connectivity index (χ0) is 19.7. The molecule has 0 saturated carbocycles. The monoisotopic (exact) mass is 374 g/mol. The summed E-state index contributed by atoms with van der Waals surface area (Å²) in [6, 6.07) is 6.02. The van der Waals surface area contributed by atoms with Crippen molar-refractivity contribution in [1.82, 2.24) is 0 Å². The van der Waals surface area contributed by atoms with Gasteiger partial charge in [0.25, 0.3) is 0 Å². The lowest BCUT2D eigenvalue weighted by Crippen LogP contribution is -2.10. The van der Waals surface area contributed by atoms with Gasteiger partial charge in [-0.25, -0.2) is 0 Å². The molecule has 0 aliphatic rings. The summed E-state index contributed by atoms with van der Waals surface area (Å²) in [4.78, 5) is 13.1. The number of rotatable bonds is 5. The molecular formula is C19H18O8. The van der Waals surface area contributed by atoms with E-state index in [2.05, 4.69) is 0 Å². The number of phenols is 2. The van der Waals surface area contributed by atoms with Crippen LogP contribution < -0.4 is 24.4 Å². The average Bonchev–Trinajstić information content (AvgIpc) is 2.67. The molecule has 2 N–H and O–H groups in total. The SMILES string of the molecule is COc1c(O)c(OC)c2oc(-c3ccc(O)cc3)c(OC)c(=O)c2c1OC. The third-order valence-corrected chi connectivity index (χ3v) is 4.09. The molecule has 8 heteroatoms. The quantitative estimate of drug-likeness (QED) is 0.702. The van der Waals surface area contributed by atoms with Crippen LogP contribution in [0.25, 0.3) is 22.3 Å². The Morgan fingerprint density at radius 3 is 1.85 bits per heavy atom. The molecule has 142 valence electrons. The summed E-state index contributed by atoms with van der Waals surface area (Å²) in [6.07, 6.45) is 0. The van der Waals surface area contributed by atoms with Crippen LogP contribution in [0.3, 0.4) is 0 Å². The van der Waals surface area contributed by atoms with Crippen LogP contribution in [0, 0.1) is 0 Å². The maximum absolute atomic E-state index is 13.1. The van der Waals surface area contributed by atoms with Crippen LogP contribution in [0.4, 0.5) is 0 Å². The van der Waals surface area contributed by atoms with E-state index >= 15 is 0 Å². The summed E-state index contributed by atoms with van der Waals surface area (Å²) in [5, 5.41) is 20.0. The molecule has 0 radical (unpaired) electrons. The molecule has 8 nitrogen and oxygen atoms in total. The van der Waals surface area contributed by atoms with Crippen LogP contribution >= 0.6 is 0 Å². The van der Waals surface area contributed by atoms with Crippen molar-refractivity contribution in [3.63, 3.8) is 0 Å². The van der Waals surface area contributed by atoms with Gasteiger partial charge in [-0.1, -0.05) is 0 Å².